The number of carbonyl (C=O) groups is 2. The molecule has 3 amide bonds. The van der Waals surface area contributed by atoms with Gasteiger partial charge in [-0.25, -0.2) is 14.8 Å². The number of hydrogen-bond donors (Lipinski definition) is 2. The molecule has 3 heterocycles. The summed E-state index contributed by atoms with van der Waals surface area (Å²) in [6, 6.07) is 7.29. The zero-order valence-electron chi connectivity index (χ0n) is 18.0. The molecule has 0 unspecified atom stereocenters. The molecule has 0 bridgehead atoms. The van der Waals surface area contributed by atoms with Gasteiger partial charge in [-0.15, -0.1) is 0 Å². The molecular formula is C22H28N6O3. The maximum atomic E-state index is 12.0. The third-order valence-corrected chi connectivity index (χ3v) is 5.53. The lowest BCUT2D eigenvalue weighted by Crippen LogP contribution is -2.40. The van der Waals surface area contributed by atoms with Crippen molar-refractivity contribution >= 4 is 23.4 Å². The van der Waals surface area contributed by atoms with Gasteiger partial charge in [0, 0.05) is 56.3 Å². The number of morpholine rings is 1. The first-order valence-corrected chi connectivity index (χ1v) is 10.7. The van der Waals surface area contributed by atoms with Crippen molar-refractivity contribution in [1.82, 2.24) is 20.2 Å². The third-order valence-electron chi connectivity index (χ3n) is 5.53. The number of nitrogens with one attached hydrogen (secondary N) is 2. The number of benzene rings is 1. The van der Waals surface area contributed by atoms with Gasteiger partial charge in [-0.2, -0.15) is 0 Å². The van der Waals surface area contributed by atoms with Gasteiger partial charge in [0.1, 0.15) is 5.82 Å². The summed E-state index contributed by atoms with van der Waals surface area (Å²) >= 11 is 0. The summed E-state index contributed by atoms with van der Waals surface area (Å²) in [5, 5.41) is 5.51. The number of amides is 3. The molecule has 31 heavy (non-hydrogen) atoms. The van der Waals surface area contributed by atoms with Crippen LogP contribution in [-0.4, -0.2) is 66.2 Å². The molecule has 0 atom stereocenters. The summed E-state index contributed by atoms with van der Waals surface area (Å²) in [7, 11) is 0. The highest BCUT2D eigenvalue weighted by Gasteiger charge is 2.27. The van der Waals surface area contributed by atoms with Gasteiger partial charge in [-0.1, -0.05) is 0 Å². The van der Waals surface area contributed by atoms with Gasteiger partial charge in [0.05, 0.1) is 25.5 Å². The molecular weight excluding hydrogens is 396 g/mol. The Bertz CT molecular complexity index is 956. The van der Waals surface area contributed by atoms with Gasteiger partial charge < -0.3 is 25.2 Å². The lowest BCUT2D eigenvalue weighted by molar-refractivity contribution is -0.129. The molecule has 1 fully saturated rings. The Morgan fingerprint density at radius 2 is 1.84 bits per heavy atom. The first kappa shape index (κ1) is 21.0. The molecule has 9 nitrogen and oxygen atoms in total. The van der Waals surface area contributed by atoms with Crippen LogP contribution in [0.3, 0.4) is 0 Å². The minimum atomic E-state index is -0.232. The van der Waals surface area contributed by atoms with Crippen molar-refractivity contribution in [2.24, 2.45) is 0 Å². The Morgan fingerprint density at radius 1 is 1.10 bits per heavy atom. The van der Waals surface area contributed by atoms with Crippen LogP contribution in [0.2, 0.25) is 0 Å². The first-order valence-electron chi connectivity index (χ1n) is 10.7. The van der Waals surface area contributed by atoms with Crippen LogP contribution in [0.5, 0.6) is 0 Å². The van der Waals surface area contributed by atoms with Crippen molar-refractivity contribution in [1.29, 1.82) is 0 Å². The number of hydrogen-bond acceptors (Lipinski definition) is 6. The normalized spacial score (nSPS) is 15.9. The van der Waals surface area contributed by atoms with Gasteiger partial charge in [-0.3, -0.25) is 4.79 Å². The van der Waals surface area contributed by atoms with E-state index in [1.165, 1.54) is 0 Å². The first-order chi connectivity index (χ1) is 15.0. The second-order valence-electron chi connectivity index (χ2n) is 7.65. The van der Waals surface area contributed by atoms with E-state index < -0.39 is 0 Å². The lowest BCUT2D eigenvalue weighted by atomic mass is 10.0. The molecule has 4 rings (SSSR count). The van der Waals surface area contributed by atoms with Crippen molar-refractivity contribution in [2.45, 2.75) is 26.8 Å². The fourth-order valence-electron chi connectivity index (χ4n) is 3.87. The minimum Gasteiger partial charge on any atom is -0.378 e. The SMILES string of the molecule is CCNC(=O)Nc1ccc(-c2nc3c(c(N4CCOCC4)n2)CN(C(C)=O)CC3)cc1. The molecule has 164 valence electrons. The Labute approximate surface area is 181 Å². The monoisotopic (exact) mass is 424 g/mol. The predicted octanol–water partition coefficient (Wildman–Crippen LogP) is 2.03. The van der Waals surface area contributed by atoms with Crippen molar-refractivity contribution in [2.75, 3.05) is 49.6 Å². The summed E-state index contributed by atoms with van der Waals surface area (Å²) in [4.78, 5) is 37.5. The van der Waals surface area contributed by atoms with E-state index in [0.29, 0.717) is 50.8 Å². The van der Waals surface area contributed by atoms with Gasteiger partial charge in [0.15, 0.2) is 5.82 Å². The quantitative estimate of drug-likeness (QED) is 0.779. The lowest BCUT2D eigenvalue weighted by Gasteiger charge is -2.34. The van der Waals surface area contributed by atoms with Crippen molar-refractivity contribution in [3.05, 3.63) is 35.5 Å². The van der Waals surface area contributed by atoms with E-state index in [2.05, 4.69) is 15.5 Å². The van der Waals surface area contributed by atoms with Crippen LogP contribution >= 0.6 is 0 Å². The van der Waals surface area contributed by atoms with Gasteiger partial charge >= 0.3 is 6.03 Å². The highest BCUT2D eigenvalue weighted by molar-refractivity contribution is 5.89. The third kappa shape index (κ3) is 4.77. The molecule has 0 radical (unpaired) electrons. The summed E-state index contributed by atoms with van der Waals surface area (Å²) in [5.41, 5.74) is 3.61. The van der Waals surface area contributed by atoms with Crippen molar-refractivity contribution in [3.8, 4) is 11.4 Å². The molecule has 2 aromatic rings. The van der Waals surface area contributed by atoms with Gasteiger partial charge in [-0.05, 0) is 31.2 Å². The fourth-order valence-corrected chi connectivity index (χ4v) is 3.87. The topological polar surface area (TPSA) is 99.7 Å². The molecule has 9 heteroatoms. The second-order valence-corrected chi connectivity index (χ2v) is 7.65. The maximum Gasteiger partial charge on any atom is 0.319 e. The number of fused-ring (bicyclic) bond motifs is 1. The second kappa shape index (κ2) is 9.30. The molecule has 1 aromatic heterocycles. The van der Waals surface area contributed by atoms with Crippen LogP contribution in [0, 0.1) is 0 Å². The molecule has 0 spiro atoms. The van der Waals surface area contributed by atoms with Crippen molar-refractivity contribution < 1.29 is 14.3 Å². The number of rotatable bonds is 4. The van der Waals surface area contributed by atoms with Crippen LogP contribution in [0.4, 0.5) is 16.3 Å². The molecule has 0 aliphatic carbocycles. The van der Waals surface area contributed by atoms with E-state index in [0.717, 1.165) is 35.7 Å². The number of urea groups is 1. The highest BCUT2D eigenvalue weighted by atomic mass is 16.5. The summed E-state index contributed by atoms with van der Waals surface area (Å²) in [5.74, 6) is 1.61. The molecule has 0 saturated carbocycles. The summed E-state index contributed by atoms with van der Waals surface area (Å²) in [6.45, 7) is 8.08. The van der Waals surface area contributed by atoms with E-state index >= 15 is 0 Å². The van der Waals surface area contributed by atoms with Crippen LogP contribution in [0.15, 0.2) is 24.3 Å². The Hall–Kier alpha value is -3.20. The smallest absolute Gasteiger partial charge is 0.319 e. The average Bonchev–Trinajstić information content (AvgIpc) is 2.79. The van der Waals surface area contributed by atoms with Crippen molar-refractivity contribution in [3.63, 3.8) is 0 Å². The number of carbonyl (C=O) groups excluding carboxylic acids is 2. The Morgan fingerprint density at radius 3 is 2.52 bits per heavy atom. The van der Waals surface area contributed by atoms with E-state index in [-0.39, 0.29) is 11.9 Å². The number of aromatic nitrogens is 2. The van der Waals surface area contributed by atoms with E-state index in [1.807, 2.05) is 36.1 Å². The molecule has 2 aliphatic rings. The molecule has 1 aromatic carbocycles. The maximum absolute atomic E-state index is 12.0. The van der Waals surface area contributed by atoms with Gasteiger partial charge in [0.25, 0.3) is 0 Å². The zero-order chi connectivity index (χ0) is 21.8. The fraction of sp³-hybridized carbons (Fsp3) is 0.455. The Balaban J connectivity index is 1.65. The molecule has 2 N–H and O–H groups in total. The van der Waals surface area contributed by atoms with E-state index in [9.17, 15) is 9.59 Å². The van der Waals surface area contributed by atoms with Crippen LogP contribution in [0.1, 0.15) is 25.1 Å². The largest absolute Gasteiger partial charge is 0.378 e. The number of ether oxygens (including phenoxy) is 1. The molecule has 2 aliphatic heterocycles. The van der Waals surface area contributed by atoms with Gasteiger partial charge in [0.2, 0.25) is 5.91 Å². The summed E-state index contributed by atoms with van der Waals surface area (Å²) < 4.78 is 5.51. The predicted molar refractivity (Wildman–Crippen MR) is 118 cm³/mol. The van der Waals surface area contributed by atoms with Crippen LogP contribution in [0.25, 0.3) is 11.4 Å². The highest BCUT2D eigenvalue weighted by Crippen LogP contribution is 2.30. The summed E-state index contributed by atoms with van der Waals surface area (Å²) in [6.07, 6.45) is 0.707. The number of anilines is 2. The van der Waals surface area contributed by atoms with E-state index in [4.69, 9.17) is 14.7 Å². The molecule has 1 saturated heterocycles. The number of nitrogens with zero attached hydrogens (tertiary/aromatic N) is 4. The average molecular weight is 425 g/mol. The van der Waals surface area contributed by atoms with E-state index in [1.54, 1.807) is 6.92 Å². The Kier molecular flexibility index (Phi) is 6.31. The van der Waals surface area contributed by atoms with Crippen LogP contribution < -0.4 is 15.5 Å². The standard InChI is InChI=1S/C22H28N6O3/c1-3-23-22(30)24-17-6-4-16(5-7-17)20-25-19-8-9-28(15(2)29)14-18(19)21(26-20)27-10-12-31-13-11-27/h4-7H,3,8-14H2,1-2H3,(H2,23,24,30). The van der Waals surface area contributed by atoms with Crippen LogP contribution in [-0.2, 0) is 22.5 Å². The zero-order valence-corrected chi connectivity index (χ0v) is 18.0. The minimum absolute atomic E-state index is 0.0675.